The number of esters is 1. The third-order valence-corrected chi connectivity index (χ3v) is 3.87. The number of rotatable bonds is 8. The predicted molar refractivity (Wildman–Crippen MR) is 64.6 cm³/mol. The second kappa shape index (κ2) is 8.70. The lowest BCUT2D eigenvalue weighted by Gasteiger charge is -2.14. The van der Waals surface area contributed by atoms with Crippen LogP contribution in [0.4, 0.5) is 0 Å². The Kier molecular flexibility index (Phi) is 8.47. The van der Waals surface area contributed by atoms with Crippen LogP contribution >= 0.6 is 0 Å². The first-order valence-electron chi connectivity index (χ1n) is 5.67. The topological polar surface area (TPSA) is 63.6 Å². The van der Waals surface area contributed by atoms with Gasteiger partial charge in [0, 0.05) is 23.2 Å². The van der Waals surface area contributed by atoms with Gasteiger partial charge < -0.3 is 9.84 Å². The molecular formula is C11H22O4S. The highest BCUT2D eigenvalue weighted by molar-refractivity contribution is 7.86. The molecule has 96 valence electrons. The van der Waals surface area contributed by atoms with Crippen molar-refractivity contribution in [1.29, 1.82) is 0 Å². The lowest BCUT2D eigenvalue weighted by molar-refractivity contribution is -0.144. The van der Waals surface area contributed by atoms with Crippen LogP contribution in [0.3, 0.4) is 0 Å². The molecule has 5 heteroatoms. The molecule has 0 aliphatic carbocycles. The smallest absolute Gasteiger partial charge is 0.321 e. The summed E-state index contributed by atoms with van der Waals surface area (Å²) in [5.41, 5.74) is 0. The summed E-state index contributed by atoms with van der Waals surface area (Å²) in [6.45, 7) is 6.10. The van der Waals surface area contributed by atoms with Crippen molar-refractivity contribution < 1.29 is 18.8 Å². The van der Waals surface area contributed by atoms with E-state index < -0.39 is 16.0 Å². The highest BCUT2D eigenvalue weighted by atomic mass is 32.2. The quantitative estimate of drug-likeness (QED) is 0.655. The molecule has 2 atom stereocenters. The van der Waals surface area contributed by atoms with Crippen LogP contribution in [0, 0.1) is 5.92 Å². The number of ether oxygens (including phenoxy) is 1. The van der Waals surface area contributed by atoms with Crippen LogP contribution in [0.2, 0.25) is 0 Å². The largest absolute Gasteiger partial charge is 0.465 e. The zero-order valence-corrected chi connectivity index (χ0v) is 11.1. The van der Waals surface area contributed by atoms with Crippen molar-refractivity contribution in [2.75, 3.05) is 19.0 Å². The maximum atomic E-state index is 11.7. The minimum atomic E-state index is -1.24. The number of aliphatic hydroxyl groups is 1. The summed E-state index contributed by atoms with van der Waals surface area (Å²) in [6.07, 6.45) is 0.968. The third-order valence-electron chi connectivity index (χ3n) is 2.01. The van der Waals surface area contributed by atoms with E-state index in [0.717, 1.165) is 0 Å². The van der Waals surface area contributed by atoms with Gasteiger partial charge in [-0.2, -0.15) is 0 Å². The fourth-order valence-electron chi connectivity index (χ4n) is 1.15. The summed E-state index contributed by atoms with van der Waals surface area (Å²) in [6, 6.07) is 0. The number of hydrogen-bond acceptors (Lipinski definition) is 4. The van der Waals surface area contributed by atoms with E-state index in [9.17, 15) is 9.00 Å². The fourth-order valence-corrected chi connectivity index (χ4v) is 2.50. The molecule has 0 aliphatic heterocycles. The molecule has 0 saturated carbocycles. The Morgan fingerprint density at radius 1 is 1.44 bits per heavy atom. The van der Waals surface area contributed by atoms with Gasteiger partial charge in [0.05, 0.1) is 6.61 Å². The van der Waals surface area contributed by atoms with E-state index in [4.69, 9.17) is 9.84 Å². The number of hydrogen-bond donors (Lipinski definition) is 1. The summed E-state index contributed by atoms with van der Waals surface area (Å²) in [5, 5.41) is 8.08. The van der Waals surface area contributed by atoms with E-state index in [2.05, 4.69) is 0 Å². The predicted octanol–water partition coefficient (Wildman–Crippen LogP) is 1.10. The molecule has 0 aromatic rings. The van der Waals surface area contributed by atoms with Gasteiger partial charge in [-0.25, -0.2) is 0 Å². The molecule has 0 amide bonds. The lowest BCUT2D eigenvalue weighted by atomic mass is 10.2. The van der Waals surface area contributed by atoms with Crippen molar-refractivity contribution in [3.63, 3.8) is 0 Å². The molecule has 0 aromatic carbocycles. The van der Waals surface area contributed by atoms with Crippen LogP contribution in [0.1, 0.15) is 33.6 Å². The van der Waals surface area contributed by atoms with Crippen LogP contribution in [-0.4, -0.2) is 39.5 Å². The van der Waals surface area contributed by atoms with Gasteiger partial charge in [-0.1, -0.05) is 20.8 Å². The molecule has 0 spiro atoms. The molecule has 0 bridgehead atoms. The van der Waals surface area contributed by atoms with Gasteiger partial charge >= 0.3 is 5.97 Å². The number of carbonyl (C=O) groups excluding carboxylic acids is 1. The van der Waals surface area contributed by atoms with Crippen molar-refractivity contribution in [3.8, 4) is 0 Å². The molecular weight excluding hydrogens is 228 g/mol. The van der Waals surface area contributed by atoms with E-state index in [1.54, 1.807) is 0 Å². The van der Waals surface area contributed by atoms with E-state index in [1.807, 2.05) is 20.8 Å². The SMILES string of the molecule is CCC(C(=O)OCC(C)C)S(=O)CCCO. The Morgan fingerprint density at radius 2 is 2.06 bits per heavy atom. The van der Waals surface area contributed by atoms with E-state index in [1.165, 1.54) is 0 Å². The average Bonchev–Trinajstić information content (AvgIpc) is 2.24. The van der Waals surface area contributed by atoms with Crippen molar-refractivity contribution in [2.24, 2.45) is 5.92 Å². The average molecular weight is 250 g/mol. The number of aliphatic hydroxyl groups excluding tert-OH is 1. The molecule has 2 unspecified atom stereocenters. The van der Waals surface area contributed by atoms with Crippen LogP contribution < -0.4 is 0 Å². The maximum Gasteiger partial charge on any atom is 0.321 e. The summed E-state index contributed by atoms with van der Waals surface area (Å²) in [7, 11) is -1.24. The molecule has 0 rings (SSSR count). The second-order valence-electron chi connectivity index (χ2n) is 4.08. The Balaban J connectivity index is 4.14. The molecule has 4 nitrogen and oxygen atoms in total. The minimum absolute atomic E-state index is 0.00319. The maximum absolute atomic E-state index is 11.7. The zero-order chi connectivity index (χ0) is 12.6. The van der Waals surface area contributed by atoms with Crippen LogP contribution in [0.5, 0.6) is 0 Å². The minimum Gasteiger partial charge on any atom is -0.465 e. The van der Waals surface area contributed by atoms with Gasteiger partial charge in [0.1, 0.15) is 5.25 Å². The molecule has 16 heavy (non-hydrogen) atoms. The van der Waals surface area contributed by atoms with E-state index in [-0.39, 0.29) is 18.5 Å². The Morgan fingerprint density at radius 3 is 2.50 bits per heavy atom. The van der Waals surface area contributed by atoms with Crippen LogP contribution in [-0.2, 0) is 20.3 Å². The first kappa shape index (κ1) is 15.6. The first-order valence-corrected chi connectivity index (χ1v) is 7.05. The van der Waals surface area contributed by atoms with Crippen molar-refractivity contribution in [3.05, 3.63) is 0 Å². The van der Waals surface area contributed by atoms with Gasteiger partial charge in [0.25, 0.3) is 0 Å². The highest BCUT2D eigenvalue weighted by Gasteiger charge is 2.24. The van der Waals surface area contributed by atoms with Crippen LogP contribution in [0.15, 0.2) is 0 Å². The molecule has 0 saturated heterocycles. The summed E-state index contributed by atoms with van der Waals surface area (Å²) < 4.78 is 16.8. The van der Waals surface area contributed by atoms with Crippen molar-refractivity contribution >= 4 is 16.8 Å². The standard InChI is InChI=1S/C11H22O4S/c1-4-10(16(14)7-5-6-12)11(13)15-8-9(2)3/h9-10,12H,4-8H2,1-3H3. The lowest BCUT2D eigenvalue weighted by Crippen LogP contribution is -2.30. The molecule has 0 radical (unpaired) electrons. The van der Waals surface area contributed by atoms with Crippen molar-refractivity contribution in [1.82, 2.24) is 0 Å². The summed E-state index contributed by atoms with van der Waals surface area (Å²) >= 11 is 0. The fraction of sp³-hybridized carbons (Fsp3) is 0.909. The second-order valence-corrected chi connectivity index (χ2v) is 5.82. The molecule has 0 fully saturated rings. The molecule has 0 aliphatic rings. The Bertz CT molecular complexity index is 228. The molecule has 0 aromatic heterocycles. The van der Waals surface area contributed by atoms with Gasteiger partial charge in [0.2, 0.25) is 0 Å². The van der Waals surface area contributed by atoms with Gasteiger partial charge in [0.15, 0.2) is 0 Å². The molecule has 0 heterocycles. The van der Waals surface area contributed by atoms with E-state index in [0.29, 0.717) is 25.2 Å². The van der Waals surface area contributed by atoms with E-state index >= 15 is 0 Å². The van der Waals surface area contributed by atoms with Gasteiger partial charge in [-0.05, 0) is 18.8 Å². The first-order chi connectivity index (χ1) is 7.52. The Hall–Kier alpha value is -0.420. The Labute approximate surface area is 99.8 Å². The third kappa shape index (κ3) is 6.23. The highest BCUT2D eigenvalue weighted by Crippen LogP contribution is 2.07. The van der Waals surface area contributed by atoms with Crippen LogP contribution in [0.25, 0.3) is 0 Å². The summed E-state index contributed by atoms with van der Waals surface area (Å²) in [4.78, 5) is 11.6. The van der Waals surface area contributed by atoms with Gasteiger partial charge in [-0.15, -0.1) is 0 Å². The van der Waals surface area contributed by atoms with Crippen molar-refractivity contribution in [2.45, 2.75) is 38.9 Å². The number of carbonyl (C=O) groups is 1. The monoisotopic (exact) mass is 250 g/mol. The normalized spacial score (nSPS) is 14.8. The summed E-state index contributed by atoms with van der Waals surface area (Å²) in [5.74, 6) is 0.256. The zero-order valence-electron chi connectivity index (χ0n) is 10.3. The van der Waals surface area contributed by atoms with Gasteiger partial charge in [-0.3, -0.25) is 9.00 Å². The molecule has 1 N–H and O–H groups in total.